The van der Waals surface area contributed by atoms with Crippen molar-refractivity contribution in [2.24, 2.45) is 5.92 Å². The normalized spacial score (nSPS) is 15.7. The lowest BCUT2D eigenvalue weighted by atomic mass is 9.96. The summed E-state index contributed by atoms with van der Waals surface area (Å²) in [6, 6.07) is 3.31. The maximum Gasteiger partial charge on any atom is 0.306 e. The van der Waals surface area contributed by atoms with E-state index in [4.69, 9.17) is 28.3 Å². The van der Waals surface area contributed by atoms with Gasteiger partial charge in [0.15, 0.2) is 0 Å². The van der Waals surface area contributed by atoms with Crippen molar-refractivity contribution in [3.8, 4) is 0 Å². The number of halogens is 2. The van der Waals surface area contributed by atoms with Gasteiger partial charge in [-0.1, -0.05) is 35.8 Å². The summed E-state index contributed by atoms with van der Waals surface area (Å²) in [6.07, 6.45) is 0.886. The number of piperidine rings is 1. The predicted molar refractivity (Wildman–Crippen MR) is 89.7 cm³/mol. The van der Waals surface area contributed by atoms with Gasteiger partial charge in [-0.05, 0) is 18.9 Å². The number of nitrogens with zero attached hydrogens (tertiary/aromatic N) is 1. The third kappa shape index (κ3) is 3.42. The van der Waals surface area contributed by atoms with Gasteiger partial charge in [0.05, 0.1) is 16.0 Å². The molecule has 7 heteroatoms. The highest BCUT2D eigenvalue weighted by Crippen LogP contribution is 2.35. The molecule has 1 amide bonds. The molecule has 1 saturated heterocycles. The van der Waals surface area contributed by atoms with Gasteiger partial charge in [-0.15, -0.1) is 12.6 Å². The van der Waals surface area contributed by atoms with Crippen LogP contribution in [0.2, 0.25) is 10.0 Å². The summed E-state index contributed by atoms with van der Waals surface area (Å²) in [5.74, 6) is -1.46. The second kappa shape index (κ2) is 6.94. The van der Waals surface area contributed by atoms with Crippen LogP contribution in [-0.4, -0.2) is 35.0 Å². The number of likely N-dealkylation sites (tertiary alicyclic amines) is 1. The Kier molecular flexibility index (Phi) is 5.42. The largest absolute Gasteiger partial charge is 0.481 e. The smallest absolute Gasteiger partial charge is 0.306 e. The van der Waals surface area contributed by atoms with Gasteiger partial charge in [-0.25, -0.2) is 0 Å². The Bertz CT molecular complexity index is 640. The lowest BCUT2D eigenvalue weighted by Crippen LogP contribution is -2.40. The zero-order chi connectivity index (χ0) is 16.4. The van der Waals surface area contributed by atoms with Crippen LogP contribution in [0.15, 0.2) is 23.6 Å². The zero-order valence-electron chi connectivity index (χ0n) is 11.7. The van der Waals surface area contributed by atoms with Crippen molar-refractivity contribution in [1.29, 1.82) is 0 Å². The molecule has 1 aliphatic heterocycles. The fraction of sp³-hybridized carbons (Fsp3) is 0.333. The molecule has 1 N–H and O–H groups in total. The third-order valence-electron chi connectivity index (χ3n) is 3.78. The lowest BCUT2D eigenvalue weighted by molar-refractivity contribution is -0.144. The Hall–Kier alpha value is -1.17. The number of hydrogen-bond donors (Lipinski definition) is 2. The molecule has 0 bridgehead atoms. The fourth-order valence-electron chi connectivity index (χ4n) is 2.41. The molecule has 2 rings (SSSR count). The van der Waals surface area contributed by atoms with Crippen molar-refractivity contribution >= 4 is 53.3 Å². The molecule has 0 aliphatic carbocycles. The predicted octanol–water partition coefficient (Wildman–Crippen LogP) is 3.62. The van der Waals surface area contributed by atoms with Crippen LogP contribution >= 0.6 is 35.8 Å². The number of carbonyl (C=O) groups is 2. The van der Waals surface area contributed by atoms with Crippen LogP contribution in [0.25, 0.3) is 5.57 Å². The van der Waals surface area contributed by atoms with E-state index in [2.05, 4.69) is 19.2 Å². The molecule has 0 aromatic heterocycles. The first-order valence-corrected chi connectivity index (χ1v) is 7.91. The monoisotopic (exact) mass is 359 g/mol. The minimum Gasteiger partial charge on any atom is -0.481 e. The van der Waals surface area contributed by atoms with Crippen molar-refractivity contribution in [2.75, 3.05) is 13.1 Å². The molecular weight excluding hydrogens is 345 g/mol. The molecule has 0 radical (unpaired) electrons. The zero-order valence-corrected chi connectivity index (χ0v) is 14.1. The summed E-state index contributed by atoms with van der Waals surface area (Å²) in [5.41, 5.74) is 0.712. The molecule has 0 unspecified atom stereocenters. The molecule has 0 saturated carbocycles. The molecule has 22 heavy (non-hydrogen) atoms. The number of thiol groups is 1. The number of carboxylic acids is 1. The summed E-state index contributed by atoms with van der Waals surface area (Å²) in [6.45, 7) is 4.60. The van der Waals surface area contributed by atoms with E-state index in [1.165, 1.54) is 0 Å². The Morgan fingerprint density at radius 1 is 1.23 bits per heavy atom. The molecule has 4 nitrogen and oxygen atoms in total. The van der Waals surface area contributed by atoms with Crippen molar-refractivity contribution in [2.45, 2.75) is 17.7 Å². The molecule has 0 spiro atoms. The van der Waals surface area contributed by atoms with Gasteiger partial charge in [-0.2, -0.15) is 0 Å². The summed E-state index contributed by atoms with van der Waals surface area (Å²) >= 11 is 16.4. The number of carbonyl (C=O) groups excluding carboxylic acids is 1. The molecule has 0 atom stereocenters. The second-order valence-electron chi connectivity index (χ2n) is 5.14. The minimum atomic E-state index is -0.815. The van der Waals surface area contributed by atoms with Gasteiger partial charge in [0.2, 0.25) is 0 Å². The van der Waals surface area contributed by atoms with Gasteiger partial charge in [-0.3, -0.25) is 9.59 Å². The highest BCUT2D eigenvalue weighted by atomic mass is 35.5. The van der Waals surface area contributed by atoms with Gasteiger partial charge in [0, 0.05) is 29.1 Å². The molecule has 1 heterocycles. The van der Waals surface area contributed by atoms with E-state index < -0.39 is 5.97 Å². The van der Waals surface area contributed by atoms with E-state index in [-0.39, 0.29) is 27.4 Å². The molecule has 1 aromatic rings. The average molecular weight is 360 g/mol. The average Bonchev–Trinajstić information content (AvgIpc) is 2.51. The van der Waals surface area contributed by atoms with Crippen LogP contribution in [0.1, 0.15) is 18.4 Å². The van der Waals surface area contributed by atoms with Gasteiger partial charge in [0.1, 0.15) is 0 Å². The van der Waals surface area contributed by atoms with E-state index in [0.717, 1.165) is 0 Å². The van der Waals surface area contributed by atoms with Crippen LogP contribution in [0.5, 0.6) is 0 Å². The van der Waals surface area contributed by atoms with Crippen LogP contribution < -0.4 is 0 Å². The number of carboxylic acid groups (broad SMARTS) is 1. The van der Waals surface area contributed by atoms with Crippen molar-refractivity contribution in [3.63, 3.8) is 0 Å². The van der Waals surface area contributed by atoms with Crippen molar-refractivity contribution < 1.29 is 14.7 Å². The standard InChI is InChI=1S/C15H15Cl2NO3S/c1-8(10-2-3-11(22)13(17)12(10)16)14(19)18-6-4-9(5-7-18)15(20)21/h2-3,9,22H,1,4-7H2,(H,20,21). The third-order valence-corrected chi connectivity index (χ3v) is 5.16. The first-order valence-electron chi connectivity index (χ1n) is 6.71. The number of aliphatic carboxylic acids is 1. The summed E-state index contributed by atoms with van der Waals surface area (Å²) in [5, 5.41) is 9.51. The van der Waals surface area contributed by atoms with E-state index in [1.54, 1.807) is 17.0 Å². The van der Waals surface area contributed by atoms with Gasteiger partial charge in [0.25, 0.3) is 5.91 Å². The summed E-state index contributed by atoms with van der Waals surface area (Å²) in [7, 11) is 0. The second-order valence-corrected chi connectivity index (χ2v) is 6.38. The molecular formula is C15H15Cl2NO3S. The number of rotatable bonds is 3. The Balaban J connectivity index is 2.12. The van der Waals surface area contributed by atoms with E-state index >= 15 is 0 Å². The Labute approximate surface area is 144 Å². The lowest BCUT2D eigenvalue weighted by Gasteiger charge is -2.30. The maximum atomic E-state index is 12.5. The van der Waals surface area contributed by atoms with E-state index in [1.807, 2.05) is 0 Å². The van der Waals surface area contributed by atoms with Crippen molar-refractivity contribution in [1.82, 2.24) is 4.90 Å². The van der Waals surface area contributed by atoms with Crippen LogP contribution in [0.3, 0.4) is 0 Å². The van der Waals surface area contributed by atoms with Crippen LogP contribution in [0, 0.1) is 5.92 Å². The Morgan fingerprint density at radius 2 is 1.82 bits per heavy atom. The first-order chi connectivity index (χ1) is 10.3. The number of amides is 1. The highest BCUT2D eigenvalue weighted by molar-refractivity contribution is 7.80. The fourth-order valence-corrected chi connectivity index (χ4v) is 3.10. The molecule has 118 valence electrons. The summed E-state index contributed by atoms with van der Waals surface area (Å²) in [4.78, 5) is 25.5. The van der Waals surface area contributed by atoms with E-state index in [9.17, 15) is 9.59 Å². The number of benzene rings is 1. The van der Waals surface area contributed by atoms with Gasteiger partial charge < -0.3 is 10.0 Å². The number of hydrogen-bond acceptors (Lipinski definition) is 3. The van der Waals surface area contributed by atoms with Crippen molar-refractivity contribution in [3.05, 3.63) is 34.3 Å². The van der Waals surface area contributed by atoms with E-state index in [0.29, 0.717) is 36.4 Å². The van der Waals surface area contributed by atoms with Crippen LogP contribution in [0.4, 0.5) is 0 Å². The Morgan fingerprint density at radius 3 is 2.36 bits per heavy atom. The topological polar surface area (TPSA) is 57.6 Å². The molecule has 1 fully saturated rings. The SMILES string of the molecule is C=C(C(=O)N1CCC(C(=O)O)CC1)c1ccc(S)c(Cl)c1Cl. The summed E-state index contributed by atoms with van der Waals surface area (Å²) < 4.78 is 0. The minimum absolute atomic E-state index is 0.243. The van der Waals surface area contributed by atoms with Crippen LogP contribution in [-0.2, 0) is 9.59 Å². The molecule has 1 aromatic carbocycles. The quantitative estimate of drug-likeness (QED) is 0.640. The first kappa shape index (κ1) is 17.2. The van der Waals surface area contributed by atoms with Gasteiger partial charge >= 0.3 is 5.97 Å². The highest BCUT2D eigenvalue weighted by Gasteiger charge is 2.28. The maximum absolute atomic E-state index is 12.5. The molecule has 1 aliphatic rings.